The highest BCUT2D eigenvalue weighted by Crippen LogP contribution is 2.38. The van der Waals surface area contributed by atoms with E-state index >= 15 is 0 Å². The Balaban J connectivity index is 1.86. The van der Waals surface area contributed by atoms with E-state index in [2.05, 4.69) is 5.32 Å². The van der Waals surface area contributed by atoms with Gasteiger partial charge in [0.1, 0.15) is 0 Å². The van der Waals surface area contributed by atoms with Gasteiger partial charge in [-0.3, -0.25) is 4.90 Å². The van der Waals surface area contributed by atoms with Crippen molar-refractivity contribution in [3.63, 3.8) is 0 Å². The third-order valence-electron chi connectivity index (χ3n) is 4.26. The molecule has 1 atom stereocenters. The van der Waals surface area contributed by atoms with Crippen molar-refractivity contribution in [2.45, 2.75) is 19.1 Å². The van der Waals surface area contributed by atoms with E-state index in [0.717, 1.165) is 12.0 Å². The molecule has 0 radical (unpaired) electrons. The Morgan fingerprint density at radius 2 is 1.76 bits per heavy atom. The number of alkyl halides is 3. The van der Waals surface area contributed by atoms with Crippen LogP contribution in [-0.2, 0) is 6.54 Å². The number of ether oxygens (including phenoxy) is 3. The molecule has 1 heterocycles. The monoisotopic (exact) mass is 362 g/mol. The second kappa shape index (κ2) is 8.62. The van der Waals surface area contributed by atoms with Gasteiger partial charge in [-0.25, -0.2) is 0 Å². The van der Waals surface area contributed by atoms with Crippen molar-refractivity contribution in [1.29, 1.82) is 0 Å². The van der Waals surface area contributed by atoms with Crippen molar-refractivity contribution in [2.24, 2.45) is 5.92 Å². The predicted octanol–water partition coefficient (Wildman–Crippen LogP) is 2.69. The van der Waals surface area contributed by atoms with Crippen LogP contribution in [0.25, 0.3) is 0 Å². The Bertz CT molecular complexity index is 542. The topological polar surface area (TPSA) is 43.0 Å². The summed E-state index contributed by atoms with van der Waals surface area (Å²) in [4.78, 5) is 1.46. The maximum Gasteiger partial charge on any atom is 0.401 e. The average molecular weight is 362 g/mol. The molecule has 1 aliphatic rings. The summed E-state index contributed by atoms with van der Waals surface area (Å²) in [6.45, 7) is 1.39. The first kappa shape index (κ1) is 19.7. The molecule has 0 aromatic heterocycles. The molecule has 1 unspecified atom stereocenters. The average Bonchev–Trinajstić information content (AvgIpc) is 2.99. The normalized spacial score (nSPS) is 18.4. The first-order valence-electron chi connectivity index (χ1n) is 8.15. The summed E-state index contributed by atoms with van der Waals surface area (Å²) in [5.41, 5.74) is 0.958. The van der Waals surface area contributed by atoms with Gasteiger partial charge in [0, 0.05) is 13.1 Å². The molecule has 2 rings (SSSR count). The fraction of sp³-hybridized carbons (Fsp3) is 0.647. The Kier molecular flexibility index (Phi) is 6.78. The molecule has 0 bridgehead atoms. The molecule has 142 valence electrons. The second-order valence-corrected chi connectivity index (χ2v) is 6.17. The number of hydrogen-bond acceptors (Lipinski definition) is 5. The molecule has 5 nitrogen and oxygen atoms in total. The summed E-state index contributed by atoms with van der Waals surface area (Å²) in [5.74, 6) is 1.92. The zero-order valence-corrected chi connectivity index (χ0v) is 14.8. The smallest absolute Gasteiger partial charge is 0.401 e. The highest BCUT2D eigenvalue weighted by atomic mass is 19.4. The number of rotatable bonds is 8. The van der Waals surface area contributed by atoms with Crippen LogP contribution in [0, 0.1) is 5.92 Å². The first-order valence-corrected chi connectivity index (χ1v) is 8.15. The number of nitrogens with one attached hydrogen (secondary N) is 1. The maximum atomic E-state index is 12.4. The van der Waals surface area contributed by atoms with Gasteiger partial charge >= 0.3 is 6.18 Å². The number of halogens is 3. The number of methoxy groups -OCH3 is 3. The fourth-order valence-electron chi connectivity index (χ4n) is 3.13. The van der Waals surface area contributed by atoms with E-state index in [9.17, 15) is 13.2 Å². The lowest BCUT2D eigenvalue weighted by molar-refractivity contribution is -0.143. The highest BCUT2D eigenvalue weighted by Gasteiger charge is 2.34. The minimum absolute atomic E-state index is 0.226. The van der Waals surface area contributed by atoms with Gasteiger partial charge in [-0.1, -0.05) is 0 Å². The number of likely N-dealkylation sites (tertiary alicyclic amines) is 1. The third-order valence-corrected chi connectivity index (χ3v) is 4.26. The van der Waals surface area contributed by atoms with Gasteiger partial charge in [0.05, 0.1) is 27.9 Å². The van der Waals surface area contributed by atoms with E-state index in [-0.39, 0.29) is 5.92 Å². The van der Waals surface area contributed by atoms with Crippen molar-refractivity contribution in [3.05, 3.63) is 17.7 Å². The van der Waals surface area contributed by atoms with Crippen molar-refractivity contribution in [1.82, 2.24) is 10.2 Å². The van der Waals surface area contributed by atoms with Crippen LogP contribution in [0.1, 0.15) is 12.0 Å². The molecule has 1 saturated heterocycles. The van der Waals surface area contributed by atoms with Gasteiger partial charge in [-0.05, 0) is 43.1 Å². The predicted molar refractivity (Wildman–Crippen MR) is 88.4 cm³/mol. The van der Waals surface area contributed by atoms with Gasteiger partial charge in [-0.2, -0.15) is 13.2 Å². The van der Waals surface area contributed by atoms with Crippen molar-refractivity contribution < 1.29 is 27.4 Å². The zero-order chi connectivity index (χ0) is 18.4. The lowest BCUT2D eigenvalue weighted by atomic mass is 10.1. The van der Waals surface area contributed by atoms with Crippen LogP contribution in [0.2, 0.25) is 0 Å². The summed E-state index contributed by atoms with van der Waals surface area (Å²) in [6.07, 6.45) is -3.35. The summed E-state index contributed by atoms with van der Waals surface area (Å²) in [6, 6.07) is 3.72. The van der Waals surface area contributed by atoms with Crippen LogP contribution in [-0.4, -0.2) is 58.6 Å². The van der Waals surface area contributed by atoms with E-state index in [1.54, 1.807) is 21.3 Å². The van der Waals surface area contributed by atoms with Gasteiger partial charge in [-0.15, -0.1) is 0 Å². The quantitative estimate of drug-likeness (QED) is 0.770. The van der Waals surface area contributed by atoms with Crippen LogP contribution in [0.4, 0.5) is 13.2 Å². The molecule has 0 amide bonds. The molecule has 1 fully saturated rings. The van der Waals surface area contributed by atoms with E-state index in [4.69, 9.17) is 14.2 Å². The molecule has 1 aromatic rings. The fourth-order valence-corrected chi connectivity index (χ4v) is 3.13. The van der Waals surface area contributed by atoms with Crippen molar-refractivity contribution >= 4 is 0 Å². The standard InChI is InChI=1S/C17H25F3N2O3/c1-23-14-6-13(7-15(24-2)16(14)25-3)9-21-8-12-4-5-22(10-12)11-17(18,19)20/h6-7,12,21H,4-5,8-11H2,1-3H3. The van der Waals surface area contributed by atoms with E-state index in [1.807, 2.05) is 12.1 Å². The van der Waals surface area contributed by atoms with Crippen molar-refractivity contribution in [2.75, 3.05) is 47.5 Å². The number of nitrogens with zero attached hydrogens (tertiary/aromatic N) is 1. The summed E-state index contributed by atoms with van der Waals surface area (Å²) in [5, 5.41) is 3.31. The second-order valence-electron chi connectivity index (χ2n) is 6.17. The lowest BCUT2D eigenvalue weighted by Crippen LogP contribution is -2.33. The van der Waals surface area contributed by atoms with Gasteiger partial charge in [0.25, 0.3) is 0 Å². The summed E-state index contributed by atoms with van der Waals surface area (Å²) >= 11 is 0. The SMILES string of the molecule is COc1cc(CNCC2CCN(CC(F)(F)F)C2)cc(OC)c1OC. The molecule has 1 N–H and O–H groups in total. The molecule has 1 aliphatic heterocycles. The summed E-state index contributed by atoms with van der Waals surface area (Å²) in [7, 11) is 4.66. The highest BCUT2D eigenvalue weighted by molar-refractivity contribution is 5.53. The van der Waals surface area contributed by atoms with Crippen LogP contribution >= 0.6 is 0 Å². The molecular formula is C17H25F3N2O3. The minimum Gasteiger partial charge on any atom is -0.493 e. The zero-order valence-electron chi connectivity index (χ0n) is 14.8. The molecule has 25 heavy (non-hydrogen) atoms. The minimum atomic E-state index is -4.13. The molecule has 1 aromatic carbocycles. The molecule has 8 heteroatoms. The van der Waals surface area contributed by atoms with E-state index in [1.165, 1.54) is 4.90 Å². The molecule has 0 aliphatic carbocycles. The number of hydrogen-bond donors (Lipinski definition) is 1. The van der Waals surface area contributed by atoms with Crippen LogP contribution in [0.5, 0.6) is 17.2 Å². The number of benzene rings is 1. The van der Waals surface area contributed by atoms with Crippen molar-refractivity contribution in [3.8, 4) is 17.2 Å². The van der Waals surface area contributed by atoms with Crippen LogP contribution < -0.4 is 19.5 Å². The van der Waals surface area contributed by atoms with Crippen LogP contribution in [0.15, 0.2) is 12.1 Å². The van der Waals surface area contributed by atoms with Crippen LogP contribution in [0.3, 0.4) is 0 Å². The third kappa shape index (κ3) is 5.67. The molecular weight excluding hydrogens is 337 g/mol. The Morgan fingerprint density at radius 3 is 2.28 bits per heavy atom. The van der Waals surface area contributed by atoms with Gasteiger partial charge in [0.15, 0.2) is 11.5 Å². The van der Waals surface area contributed by atoms with Gasteiger partial charge < -0.3 is 19.5 Å². The largest absolute Gasteiger partial charge is 0.493 e. The molecule has 0 spiro atoms. The Morgan fingerprint density at radius 1 is 1.12 bits per heavy atom. The summed E-state index contributed by atoms with van der Waals surface area (Å²) < 4.78 is 53.2. The Labute approximate surface area is 146 Å². The van der Waals surface area contributed by atoms with E-state index in [0.29, 0.717) is 43.4 Å². The lowest BCUT2D eigenvalue weighted by Gasteiger charge is -2.18. The van der Waals surface area contributed by atoms with E-state index < -0.39 is 12.7 Å². The van der Waals surface area contributed by atoms with Gasteiger partial charge in [0.2, 0.25) is 5.75 Å². The first-order chi connectivity index (χ1) is 11.9. The molecule has 0 saturated carbocycles. The Hall–Kier alpha value is -1.67. The maximum absolute atomic E-state index is 12.4.